The molecule has 1 aromatic carbocycles. The number of benzene rings is 1. The number of thiazole rings is 1. The minimum Gasteiger partial charge on any atom is -0.497 e. The van der Waals surface area contributed by atoms with E-state index in [1.807, 2.05) is 24.3 Å². The van der Waals surface area contributed by atoms with Gasteiger partial charge in [0.2, 0.25) is 0 Å². The number of rotatable bonds is 7. The third-order valence-electron chi connectivity index (χ3n) is 4.77. The number of likely N-dealkylation sites (tertiary alicyclic amines) is 1. The van der Waals surface area contributed by atoms with E-state index in [9.17, 15) is 14.4 Å². The zero-order valence-electron chi connectivity index (χ0n) is 17.5. The molecule has 166 valence electrons. The van der Waals surface area contributed by atoms with Crippen LogP contribution in [-0.2, 0) is 14.3 Å². The Labute approximate surface area is 184 Å². The minimum atomic E-state index is -0.650. The number of methoxy groups -OCH3 is 1. The highest BCUT2D eigenvalue weighted by Crippen LogP contribution is 2.26. The van der Waals surface area contributed by atoms with Crippen molar-refractivity contribution in [2.75, 3.05) is 33.4 Å². The minimum absolute atomic E-state index is 0.0715. The summed E-state index contributed by atoms with van der Waals surface area (Å²) in [5.41, 5.74) is 1.02. The molecule has 2 heterocycles. The van der Waals surface area contributed by atoms with Crippen LogP contribution in [0.5, 0.6) is 5.75 Å². The fraction of sp³-hybridized carbons (Fsp3) is 0.429. The lowest BCUT2D eigenvalue weighted by Gasteiger charge is -2.31. The molecule has 9 nitrogen and oxygen atoms in total. The number of amides is 2. The highest BCUT2D eigenvalue weighted by molar-refractivity contribution is 7.13. The van der Waals surface area contributed by atoms with Crippen LogP contribution < -0.4 is 10.1 Å². The van der Waals surface area contributed by atoms with Crippen molar-refractivity contribution >= 4 is 29.3 Å². The van der Waals surface area contributed by atoms with Gasteiger partial charge < -0.3 is 24.4 Å². The van der Waals surface area contributed by atoms with Gasteiger partial charge in [-0.25, -0.2) is 14.6 Å². The van der Waals surface area contributed by atoms with Gasteiger partial charge in [0.25, 0.3) is 5.91 Å². The van der Waals surface area contributed by atoms with E-state index in [2.05, 4.69) is 10.3 Å². The number of aromatic nitrogens is 1. The lowest BCUT2D eigenvalue weighted by Crippen LogP contribution is -2.47. The number of hydrogen-bond acceptors (Lipinski definition) is 8. The number of esters is 1. The number of carbonyl (C=O) groups is 3. The van der Waals surface area contributed by atoms with Gasteiger partial charge >= 0.3 is 12.1 Å². The fourth-order valence-corrected chi connectivity index (χ4v) is 3.92. The molecule has 31 heavy (non-hydrogen) atoms. The predicted octanol–water partition coefficient (Wildman–Crippen LogP) is 2.71. The molecule has 0 spiro atoms. The van der Waals surface area contributed by atoms with Crippen molar-refractivity contribution in [3.05, 3.63) is 35.3 Å². The average Bonchev–Trinajstić information content (AvgIpc) is 3.28. The van der Waals surface area contributed by atoms with Crippen molar-refractivity contribution in [3.8, 4) is 16.3 Å². The Kier molecular flexibility index (Phi) is 7.82. The van der Waals surface area contributed by atoms with Gasteiger partial charge in [-0.1, -0.05) is 0 Å². The van der Waals surface area contributed by atoms with Crippen LogP contribution in [-0.4, -0.2) is 67.3 Å². The van der Waals surface area contributed by atoms with Crippen LogP contribution in [0.15, 0.2) is 29.6 Å². The van der Waals surface area contributed by atoms with Crippen molar-refractivity contribution in [2.24, 2.45) is 0 Å². The Morgan fingerprint density at radius 2 is 1.87 bits per heavy atom. The molecule has 1 aliphatic heterocycles. The highest BCUT2D eigenvalue weighted by atomic mass is 32.1. The van der Waals surface area contributed by atoms with Crippen molar-refractivity contribution in [1.82, 2.24) is 15.2 Å². The summed E-state index contributed by atoms with van der Waals surface area (Å²) in [6, 6.07) is 7.27. The van der Waals surface area contributed by atoms with E-state index in [1.165, 1.54) is 11.3 Å². The average molecular weight is 448 g/mol. The van der Waals surface area contributed by atoms with E-state index < -0.39 is 5.97 Å². The molecule has 1 aliphatic rings. The van der Waals surface area contributed by atoms with Gasteiger partial charge in [0.15, 0.2) is 12.3 Å². The standard InChI is InChI=1S/C21H25N3O6S/c1-3-29-21(27)24-10-8-15(9-11-24)22-18(25)12-30-20(26)17-13-31-19(23-17)14-4-6-16(28-2)7-5-14/h4-7,13,15H,3,8-12H2,1-2H3,(H,22,25). The van der Waals surface area contributed by atoms with E-state index in [4.69, 9.17) is 14.2 Å². The zero-order valence-corrected chi connectivity index (χ0v) is 18.3. The second-order valence-electron chi connectivity index (χ2n) is 6.87. The quantitative estimate of drug-likeness (QED) is 0.650. The third-order valence-corrected chi connectivity index (χ3v) is 5.66. The Morgan fingerprint density at radius 1 is 1.16 bits per heavy atom. The predicted molar refractivity (Wildman–Crippen MR) is 114 cm³/mol. The second-order valence-corrected chi connectivity index (χ2v) is 7.73. The van der Waals surface area contributed by atoms with Gasteiger partial charge in [0.05, 0.1) is 13.7 Å². The van der Waals surface area contributed by atoms with Gasteiger partial charge in [0, 0.05) is 30.1 Å². The molecular formula is C21H25N3O6S. The zero-order chi connectivity index (χ0) is 22.2. The van der Waals surface area contributed by atoms with Gasteiger partial charge in [-0.2, -0.15) is 0 Å². The maximum absolute atomic E-state index is 12.2. The smallest absolute Gasteiger partial charge is 0.409 e. The largest absolute Gasteiger partial charge is 0.497 e. The molecule has 10 heteroatoms. The number of piperidine rings is 1. The number of nitrogens with one attached hydrogen (secondary N) is 1. The maximum Gasteiger partial charge on any atom is 0.409 e. The molecule has 2 aromatic rings. The first-order valence-electron chi connectivity index (χ1n) is 9.98. The van der Waals surface area contributed by atoms with Crippen molar-refractivity contribution in [2.45, 2.75) is 25.8 Å². The van der Waals surface area contributed by atoms with Crippen LogP contribution in [0.3, 0.4) is 0 Å². The van der Waals surface area contributed by atoms with Crippen molar-refractivity contribution < 1.29 is 28.6 Å². The Hall–Kier alpha value is -3.14. The van der Waals surface area contributed by atoms with Crippen LogP contribution in [0.4, 0.5) is 4.79 Å². The first-order chi connectivity index (χ1) is 15.0. The number of nitrogens with zero attached hydrogens (tertiary/aromatic N) is 2. The first kappa shape index (κ1) is 22.5. The van der Waals surface area contributed by atoms with E-state index in [0.717, 1.165) is 11.3 Å². The molecule has 1 fully saturated rings. The molecule has 0 bridgehead atoms. The van der Waals surface area contributed by atoms with Crippen molar-refractivity contribution in [1.29, 1.82) is 0 Å². The van der Waals surface area contributed by atoms with E-state index in [0.29, 0.717) is 37.5 Å². The summed E-state index contributed by atoms with van der Waals surface area (Å²) < 4.78 is 15.2. The van der Waals surface area contributed by atoms with Crippen LogP contribution in [0, 0.1) is 0 Å². The summed E-state index contributed by atoms with van der Waals surface area (Å²) in [4.78, 5) is 42.0. The molecule has 1 saturated heterocycles. The lowest BCUT2D eigenvalue weighted by molar-refractivity contribution is -0.125. The SMILES string of the molecule is CCOC(=O)N1CCC(NC(=O)COC(=O)c2csc(-c3ccc(OC)cc3)n2)CC1. The first-order valence-corrected chi connectivity index (χ1v) is 10.9. The molecule has 2 amide bonds. The van der Waals surface area contributed by atoms with Gasteiger partial charge in [0.1, 0.15) is 10.8 Å². The van der Waals surface area contributed by atoms with Gasteiger partial charge in [-0.3, -0.25) is 4.79 Å². The summed E-state index contributed by atoms with van der Waals surface area (Å²) in [5, 5.41) is 5.11. The normalized spacial score (nSPS) is 14.1. The lowest BCUT2D eigenvalue weighted by atomic mass is 10.1. The summed E-state index contributed by atoms with van der Waals surface area (Å²) in [5.74, 6) is -0.297. The summed E-state index contributed by atoms with van der Waals surface area (Å²) in [7, 11) is 1.59. The van der Waals surface area contributed by atoms with Crippen LogP contribution in [0.1, 0.15) is 30.3 Å². The van der Waals surface area contributed by atoms with Crippen LogP contribution in [0.2, 0.25) is 0 Å². The number of hydrogen-bond donors (Lipinski definition) is 1. The Bertz CT molecular complexity index is 906. The number of ether oxygens (including phenoxy) is 3. The van der Waals surface area contributed by atoms with Gasteiger partial charge in [-0.05, 0) is 44.0 Å². The summed E-state index contributed by atoms with van der Waals surface area (Å²) in [6.45, 7) is 2.73. The monoisotopic (exact) mass is 447 g/mol. The molecule has 0 saturated carbocycles. The molecule has 0 unspecified atom stereocenters. The summed E-state index contributed by atoms with van der Waals surface area (Å²) >= 11 is 1.32. The topological polar surface area (TPSA) is 107 Å². The molecule has 0 radical (unpaired) electrons. The van der Waals surface area contributed by atoms with Crippen molar-refractivity contribution in [3.63, 3.8) is 0 Å². The van der Waals surface area contributed by atoms with E-state index in [1.54, 1.807) is 24.3 Å². The molecule has 0 aliphatic carbocycles. The number of carbonyl (C=O) groups excluding carboxylic acids is 3. The fourth-order valence-electron chi connectivity index (χ4n) is 3.13. The highest BCUT2D eigenvalue weighted by Gasteiger charge is 2.25. The van der Waals surface area contributed by atoms with Gasteiger partial charge in [-0.15, -0.1) is 11.3 Å². The third kappa shape index (κ3) is 6.17. The van der Waals surface area contributed by atoms with E-state index in [-0.39, 0.29) is 30.3 Å². The van der Waals surface area contributed by atoms with Crippen LogP contribution >= 0.6 is 11.3 Å². The van der Waals surface area contributed by atoms with Crippen LogP contribution in [0.25, 0.3) is 10.6 Å². The molecule has 1 aromatic heterocycles. The van der Waals surface area contributed by atoms with E-state index >= 15 is 0 Å². The Balaban J connectivity index is 1.43. The molecule has 0 atom stereocenters. The molecule has 3 rings (SSSR count). The maximum atomic E-state index is 12.2. The second kappa shape index (κ2) is 10.8. The summed E-state index contributed by atoms with van der Waals surface area (Å²) in [6.07, 6.45) is 0.907. The molecular weight excluding hydrogens is 422 g/mol. The Morgan fingerprint density at radius 3 is 2.52 bits per heavy atom. The molecule has 1 N–H and O–H groups in total.